The minimum atomic E-state index is -0.118. The van der Waals surface area contributed by atoms with E-state index in [0.29, 0.717) is 29.6 Å². The molecule has 1 aromatic heterocycles. The van der Waals surface area contributed by atoms with Crippen molar-refractivity contribution in [2.75, 3.05) is 31.6 Å². The van der Waals surface area contributed by atoms with Crippen LogP contribution in [0.25, 0.3) is 0 Å². The summed E-state index contributed by atoms with van der Waals surface area (Å²) in [4.78, 5) is 13.8. The van der Waals surface area contributed by atoms with E-state index in [0.717, 1.165) is 13.0 Å². The number of nitrogens with zero attached hydrogens (tertiary/aromatic N) is 3. The van der Waals surface area contributed by atoms with E-state index in [1.54, 1.807) is 4.90 Å². The van der Waals surface area contributed by atoms with Crippen molar-refractivity contribution in [1.82, 2.24) is 15.1 Å². The van der Waals surface area contributed by atoms with Gasteiger partial charge in [-0.05, 0) is 19.8 Å². The van der Waals surface area contributed by atoms with Crippen LogP contribution in [0.3, 0.4) is 0 Å². The van der Waals surface area contributed by atoms with E-state index in [9.17, 15) is 4.79 Å². The first-order chi connectivity index (χ1) is 8.72. The van der Waals surface area contributed by atoms with Crippen molar-refractivity contribution in [3.05, 3.63) is 5.01 Å². The van der Waals surface area contributed by atoms with Gasteiger partial charge in [-0.15, -0.1) is 10.2 Å². The summed E-state index contributed by atoms with van der Waals surface area (Å²) in [5.74, 6) is -0.118. The van der Waals surface area contributed by atoms with E-state index in [-0.39, 0.29) is 12.5 Å². The number of hydrogen-bond acceptors (Lipinski definition) is 6. The second kappa shape index (κ2) is 7.99. The molecule has 7 heteroatoms. The summed E-state index contributed by atoms with van der Waals surface area (Å²) >= 11 is 1.27. The summed E-state index contributed by atoms with van der Waals surface area (Å²) in [5, 5.41) is 20.8. The molecule has 0 aliphatic carbocycles. The summed E-state index contributed by atoms with van der Waals surface area (Å²) < 4.78 is 0. The van der Waals surface area contributed by atoms with Crippen molar-refractivity contribution < 1.29 is 9.90 Å². The lowest BCUT2D eigenvalue weighted by atomic mass is 10.4. The quantitative estimate of drug-likeness (QED) is 0.743. The minimum Gasteiger partial charge on any atom is -0.396 e. The molecule has 0 saturated heterocycles. The van der Waals surface area contributed by atoms with Crippen molar-refractivity contribution in [1.29, 1.82) is 0 Å². The van der Waals surface area contributed by atoms with E-state index >= 15 is 0 Å². The van der Waals surface area contributed by atoms with Gasteiger partial charge in [-0.25, -0.2) is 0 Å². The molecule has 0 atom stereocenters. The van der Waals surface area contributed by atoms with Gasteiger partial charge in [-0.2, -0.15) is 0 Å². The zero-order valence-corrected chi connectivity index (χ0v) is 11.7. The Balaban J connectivity index is 2.61. The highest BCUT2D eigenvalue weighted by Gasteiger charge is 2.18. The standard InChI is InChI=1S/C11H20N4O2S/c1-3-6-12-11-14-13-9(18-11)10(17)15(4-2)7-5-8-16/h16H,3-8H2,1-2H3,(H,12,14). The molecule has 102 valence electrons. The number of nitrogens with one attached hydrogen (secondary N) is 1. The largest absolute Gasteiger partial charge is 0.396 e. The van der Waals surface area contributed by atoms with E-state index in [2.05, 4.69) is 22.4 Å². The minimum absolute atomic E-state index is 0.0865. The van der Waals surface area contributed by atoms with Crippen LogP contribution in [0.4, 0.5) is 5.13 Å². The normalized spacial score (nSPS) is 10.4. The second-order valence-electron chi connectivity index (χ2n) is 3.80. The van der Waals surface area contributed by atoms with Gasteiger partial charge >= 0.3 is 0 Å². The highest BCUT2D eigenvalue weighted by molar-refractivity contribution is 7.17. The van der Waals surface area contributed by atoms with Crippen LogP contribution >= 0.6 is 11.3 Å². The Kier molecular flexibility index (Phi) is 6.59. The Morgan fingerprint density at radius 3 is 2.83 bits per heavy atom. The number of aliphatic hydroxyl groups is 1. The first kappa shape index (κ1) is 14.8. The lowest BCUT2D eigenvalue weighted by Gasteiger charge is -2.18. The molecule has 0 aromatic carbocycles. The highest BCUT2D eigenvalue weighted by atomic mass is 32.1. The van der Waals surface area contributed by atoms with Crippen LogP contribution in [0, 0.1) is 0 Å². The molecular formula is C11H20N4O2S. The Bertz CT molecular complexity index is 370. The Morgan fingerprint density at radius 2 is 2.22 bits per heavy atom. The van der Waals surface area contributed by atoms with Crippen molar-refractivity contribution in [2.45, 2.75) is 26.7 Å². The van der Waals surface area contributed by atoms with Crippen LogP contribution in [-0.4, -0.2) is 52.4 Å². The molecule has 0 saturated carbocycles. The maximum Gasteiger partial charge on any atom is 0.284 e. The molecule has 18 heavy (non-hydrogen) atoms. The fourth-order valence-corrected chi connectivity index (χ4v) is 2.15. The average Bonchev–Trinajstić information content (AvgIpc) is 2.85. The van der Waals surface area contributed by atoms with Crippen molar-refractivity contribution in [2.24, 2.45) is 0 Å². The molecular weight excluding hydrogens is 252 g/mol. The molecule has 0 fully saturated rings. The number of anilines is 1. The van der Waals surface area contributed by atoms with Crippen molar-refractivity contribution in [3.8, 4) is 0 Å². The molecule has 2 N–H and O–H groups in total. The topological polar surface area (TPSA) is 78.4 Å². The fourth-order valence-electron chi connectivity index (χ4n) is 1.41. The predicted molar refractivity (Wildman–Crippen MR) is 72.0 cm³/mol. The maximum absolute atomic E-state index is 12.1. The van der Waals surface area contributed by atoms with Crippen LogP contribution < -0.4 is 5.32 Å². The van der Waals surface area contributed by atoms with Gasteiger partial charge in [-0.3, -0.25) is 4.79 Å². The molecule has 0 radical (unpaired) electrons. The monoisotopic (exact) mass is 272 g/mol. The smallest absolute Gasteiger partial charge is 0.284 e. The van der Waals surface area contributed by atoms with Gasteiger partial charge in [0.25, 0.3) is 5.91 Å². The zero-order valence-electron chi connectivity index (χ0n) is 10.8. The summed E-state index contributed by atoms with van der Waals surface area (Å²) in [6, 6.07) is 0. The van der Waals surface area contributed by atoms with Crippen LogP contribution in [0.2, 0.25) is 0 Å². The number of amides is 1. The molecule has 1 amide bonds. The first-order valence-electron chi connectivity index (χ1n) is 6.20. The predicted octanol–water partition coefficient (Wildman–Crippen LogP) is 1.20. The van der Waals surface area contributed by atoms with Gasteiger partial charge in [-0.1, -0.05) is 18.3 Å². The Morgan fingerprint density at radius 1 is 1.44 bits per heavy atom. The summed E-state index contributed by atoms with van der Waals surface area (Å²) in [6.07, 6.45) is 1.58. The van der Waals surface area contributed by atoms with E-state index in [1.165, 1.54) is 11.3 Å². The third-order valence-electron chi connectivity index (χ3n) is 2.39. The third-order valence-corrected chi connectivity index (χ3v) is 3.26. The maximum atomic E-state index is 12.1. The SMILES string of the molecule is CCCNc1nnc(C(=O)N(CC)CCCO)s1. The molecule has 0 bridgehead atoms. The molecule has 0 spiro atoms. The lowest BCUT2D eigenvalue weighted by molar-refractivity contribution is 0.0753. The van der Waals surface area contributed by atoms with Gasteiger partial charge in [0.05, 0.1) is 0 Å². The number of rotatable bonds is 8. The summed E-state index contributed by atoms with van der Waals surface area (Å²) in [6.45, 7) is 6.04. The van der Waals surface area contributed by atoms with Gasteiger partial charge in [0.15, 0.2) is 0 Å². The summed E-state index contributed by atoms with van der Waals surface area (Å²) in [7, 11) is 0. The van der Waals surface area contributed by atoms with E-state index in [1.807, 2.05) is 6.92 Å². The van der Waals surface area contributed by atoms with E-state index in [4.69, 9.17) is 5.11 Å². The summed E-state index contributed by atoms with van der Waals surface area (Å²) in [5.41, 5.74) is 0. The molecule has 0 aliphatic heterocycles. The first-order valence-corrected chi connectivity index (χ1v) is 7.02. The highest BCUT2D eigenvalue weighted by Crippen LogP contribution is 2.17. The molecule has 1 rings (SSSR count). The number of carbonyl (C=O) groups excluding carboxylic acids is 1. The molecule has 6 nitrogen and oxygen atoms in total. The van der Waals surface area contributed by atoms with Crippen LogP contribution in [0.15, 0.2) is 0 Å². The molecule has 1 aromatic rings. The lowest BCUT2D eigenvalue weighted by Crippen LogP contribution is -2.32. The molecule has 0 unspecified atom stereocenters. The Labute approximate surface area is 111 Å². The molecule has 1 heterocycles. The fraction of sp³-hybridized carbons (Fsp3) is 0.727. The van der Waals surface area contributed by atoms with Gasteiger partial charge in [0.1, 0.15) is 0 Å². The van der Waals surface area contributed by atoms with Crippen molar-refractivity contribution in [3.63, 3.8) is 0 Å². The third kappa shape index (κ3) is 4.23. The Hall–Kier alpha value is -1.21. The van der Waals surface area contributed by atoms with E-state index < -0.39 is 0 Å². The van der Waals surface area contributed by atoms with Crippen LogP contribution in [0.5, 0.6) is 0 Å². The van der Waals surface area contributed by atoms with Crippen LogP contribution in [-0.2, 0) is 0 Å². The second-order valence-corrected chi connectivity index (χ2v) is 4.78. The number of aliphatic hydroxyl groups excluding tert-OH is 1. The number of carbonyl (C=O) groups is 1. The van der Waals surface area contributed by atoms with Gasteiger partial charge in [0.2, 0.25) is 10.1 Å². The van der Waals surface area contributed by atoms with Gasteiger partial charge < -0.3 is 15.3 Å². The molecule has 0 aliphatic rings. The average molecular weight is 272 g/mol. The zero-order chi connectivity index (χ0) is 13.4. The number of hydrogen-bond donors (Lipinski definition) is 2. The van der Waals surface area contributed by atoms with Crippen molar-refractivity contribution >= 4 is 22.4 Å². The van der Waals surface area contributed by atoms with Crippen LogP contribution in [0.1, 0.15) is 36.5 Å². The number of aromatic nitrogens is 2. The van der Waals surface area contributed by atoms with Gasteiger partial charge in [0, 0.05) is 26.2 Å².